The van der Waals surface area contributed by atoms with Crippen LogP contribution in [0.5, 0.6) is 5.75 Å². The maximum Gasteiger partial charge on any atom is 0.273 e. The molecule has 0 spiro atoms. The second kappa shape index (κ2) is 8.44. The molecular formula is C21H19N5O4S2. The molecule has 0 radical (unpaired) electrons. The first-order valence-electron chi connectivity index (χ1n) is 9.42. The summed E-state index contributed by atoms with van der Waals surface area (Å²) in [5.41, 5.74) is 3.36. The van der Waals surface area contributed by atoms with Gasteiger partial charge in [-0.2, -0.15) is 5.10 Å². The van der Waals surface area contributed by atoms with Crippen molar-refractivity contribution in [2.45, 2.75) is 18.7 Å². The lowest BCUT2D eigenvalue weighted by Crippen LogP contribution is -2.14. The average molecular weight is 470 g/mol. The quantitative estimate of drug-likeness (QED) is 0.338. The van der Waals surface area contributed by atoms with Gasteiger partial charge in [-0.1, -0.05) is 6.07 Å². The summed E-state index contributed by atoms with van der Waals surface area (Å²) in [6, 6.07) is 10.8. The minimum atomic E-state index is -3.77. The van der Waals surface area contributed by atoms with E-state index in [1.807, 2.05) is 19.9 Å². The Morgan fingerprint density at radius 2 is 1.88 bits per heavy atom. The number of phenols is 1. The van der Waals surface area contributed by atoms with E-state index < -0.39 is 15.9 Å². The van der Waals surface area contributed by atoms with Crippen LogP contribution < -0.4 is 10.0 Å². The highest BCUT2D eigenvalue weighted by Gasteiger charge is 2.18. The Labute approximate surface area is 188 Å². The van der Waals surface area contributed by atoms with Crippen molar-refractivity contribution in [1.29, 1.82) is 0 Å². The lowest BCUT2D eigenvalue weighted by atomic mass is 10.0. The molecule has 4 aromatic rings. The zero-order valence-corrected chi connectivity index (χ0v) is 18.7. The van der Waals surface area contributed by atoms with E-state index >= 15 is 0 Å². The van der Waals surface area contributed by atoms with Gasteiger partial charge in [0, 0.05) is 22.8 Å². The molecule has 2 heterocycles. The van der Waals surface area contributed by atoms with Gasteiger partial charge in [-0.05, 0) is 61.4 Å². The van der Waals surface area contributed by atoms with Crippen LogP contribution in [0.3, 0.4) is 0 Å². The third-order valence-corrected chi connectivity index (χ3v) is 6.79. The van der Waals surface area contributed by atoms with E-state index in [0.29, 0.717) is 16.9 Å². The summed E-state index contributed by atoms with van der Waals surface area (Å²) in [6.07, 6.45) is 1.50. The monoisotopic (exact) mass is 469 g/mol. The van der Waals surface area contributed by atoms with Crippen molar-refractivity contribution in [3.05, 3.63) is 70.9 Å². The van der Waals surface area contributed by atoms with Crippen molar-refractivity contribution in [3.63, 3.8) is 0 Å². The Balaban J connectivity index is 1.48. The Morgan fingerprint density at radius 1 is 1.12 bits per heavy atom. The van der Waals surface area contributed by atoms with Gasteiger partial charge in [0.15, 0.2) is 5.13 Å². The molecule has 0 fully saturated rings. The predicted molar refractivity (Wildman–Crippen MR) is 122 cm³/mol. The number of phenolic OH excluding ortho intramolecular Hbond substituents is 1. The molecule has 0 bridgehead atoms. The van der Waals surface area contributed by atoms with E-state index in [2.05, 4.69) is 25.2 Å². The molecule has 2 aromatic heterocycles. The minimum Gasteiger partial charge on any atom is -0.507 e. The van der Waals surface area contributed by atoms with Crippen molar-refractivity contribution in [2.75, 3.05) is 10.0 Å². The Hall–Kier alpha value is -3.70. The zero-order chi connectivity index (χ0) is 22.9. The van der Waals surface area contributed by atoms with Crippen molar-refractivity contribution in [1.82, 2.24) is 15.2 Å². The lowest BCUT2D eigenvalue weighted by Gasteiger charge is -2.07. The first kappa shape index (κ1) is 21.5. The number of aromatic hydroxyl groups is 1. The molecule has 0 aliphatic rings. The number of nitrogens with one attached hydrogen (secondary N) is 3. The van der Waals surface area contributed by atoms with Crippen molar-refractivity contribution in [2.24, 2.45) is 0 Å². The summed E-state index contributed by atoms with van der Waals surface area (Å²) in [5, 5.41) is 21.7. The second-order valence-corrected chi connectivity index (χ2v) is 9.64. The smallest absolute Gasteiger partial charge is 0.273 e. The zero-order valence-electron chi connectivity index (χ0n) is 17.1. The molecule has 0 saturated carbocycles. The van der Waals surface area contributed by atoms with Gasteiger partial charge < -0.3 is 10.4 Å². The third kappa shape index (κ3) is 4.48. The van der Waals surface area contributed by atoms with Crippen LogP contribution in [0.2, 0.25) is 0 Å². The molecule has 0 atom stereocenters. The number of aromatic nitrogens is 3. The number of rotatable bonds is 6. The number of nitrogens with zero attached hydrogens (tertiary/aromatic N) is 2. The number of hydrogen-bond donors (Lipinski definition) is 4. The molecule has 4 rings (SSSR count). The molecule has 0 aliphatic heterocycles. The van der Waals surface area contributed by atoms with Crippen LogP contribution >= 0.6 is 11.3 Å². The fourth-order valence-corrected chi connectivity index (χ4v) is 5.00. The molecule has 0 unspecified atom stereocenters. The normalized spacial score (nSPS) is 11.3. The highest BCUT2D eigenvalue weighted by molar-refractivity contribution is 7.93. The van der Waals surface area contributed by atoms with E-state index in [9.17, 15) is 18.3 Å². The number of aromatic amines is 1. The van der Waals surface area contributed by atoms with Crippen molar-refractivity contribution < 1.29 is 18.3 Å². The summed E-state index contributed by atoms with van der Waals surface area (Å²) in [5.74, 6) is -0.367. The first-order valence-corrected chi connectivity index (χ1v) is 11.8. The topological polar surface area (TPSA) is 137 Å². The van der Waals surface area contributed by atoms with Crippen LogP contribution in [0.1, 0.15) is 21.6 Å². The summed E-state index contributed by atoms with van der Waals surface area (Å²) in [7, 11) is -3.77. The van der Waals surface area contributed by atoms with Gasteiger partial charge in [0.25, 0.3) is 15.9 Å². The molecule has 1 amide bonds. The molecule has 0 aliphatic carbocycles. The summed E-state index contributed by atoms with van der Waals surface area (Å²) in [4.78, 5) is 16.5. The second-order valence-electron chi connectivity index (χ2n) is 7.06. The number of benzene rings is 2. The number of anilines is 2. The van der Waals surface area contributed by atoms with Crippen LogP contribution in [-0.4, -0.2) is 34.6 Å². The van der Waals surface area contributed by atoms with Gasteiger partial charge in [-0.15, -0.1) is 11.3 Å². The number of carbonyl (C=O) groups excluding carboxylic acids is 1. The molecule has 32 heavy (non-hydrogen) atoms. The fraction of sp³-hybridized carbons (Fsp3) is 0.0952. The maximum absolute atomic E-state index is 12.6. The van der Waals surface area contributed by atoms with E-state index in [0.717, 1.165) is 11.1 Å². The van der Waals surface area contributed by atoms with Crippen LogP contribution in [0.15, 0.2) is 58.9 Å². The number of aryl methyl sites for hydroxylation is 2. The average Bonchev–Trinajstić information content (AvgIpc) is 3.40. The van der Waals surface area contributed by atoms with Gasteiger partial charge in [0.05, 0.1) is 10.6 Å². The van der Waals surface area contributed by atoms with Crippen LogP contribution in [-0.2, 0) is 10.0 Å². The molecule has 11 heteroatoms. The van der Waals surface area contributed by atoms with Crippen LogP contribution in [0, 0.1) is 13.8 Å². The van der Waals surface area contributed by atoms with E-state index in [4.69, 9.17) is 0 Å². The number of sulfonamides is 1. The number of H-pyrrole nitrogens is 1. The van der Waals surface area contributed by atoms with Gasteiger partial charge in [-0.3, -0.25) is 14.6 Å². The SMILES string of the molecule is Cc1cc(C)c(-c2cc(C(=O)Nc3ccc(S(=O)(=O)Nc4nccs4)cc3)[nH]n2)c(O)c1. The van der Waals surface area contributed by atoms with Crippen molar-refractivity contribution >= 4 is 38.1 Å². The molecule has 4 N–H and O–H groups in total. The van der Waals surface area contributed by atoms with E-state index in [1.165, 1.54) is 41.8 Å². The Morgan fingerprint density at radius 3 is 2.53 bits per heavy atom. The fourth-order valence-electron chi connectivity index (χ4n) is 3.21. The number of carbonyl (C=O) groups is 1. The van der Waals surface area contributed by atoms with Crippen molar-refractivity contribution in [3.8, 4) is 17.0 Å². The molecule has 0 saturated heterocycles. The molecule has 164 valence electrons. The summed E-state index contributed by atoms with van der Waals surface area (Å²) < 4.78 is 27.2. The first-order chi connectivity index (χ1) is 15.2. The minimum absolute atomic E-state index is 0.0415. The number of hydrogen-bond acceptors (Lipinski definition) is 7. The number of amides is 1. The van der Waals surface area contributed by atoms with E-state index in [-0.39, 0.29) is 21.5 Å². The Kier molecular flexibility index (Phi) is 5.68. The van der Waals surface area contributed by atoms with E-state index in [1.54, 1.807) is 17.5 Å². The van der Waals surface area contributed by atoms with Gasteiger partial charge in [0.1, 0.15) is 11.4 Å². The standard InChI is InChI=1S/C21H19N5O4S2/c1-12-9-13(2)19(18(27)10-12)16-11-17(25-24-16)20(28)23-14-3-5-15(6-4-14)32(29,30)26-21-22-7-8-31-21/h3-11,27H,1-2H3,(H,22,26)(H,23,28)(H,24,25). The van der Waals surface area contributed by atoms with Gasteiger partial charge >= 0.3 is 0 Å². The van der Waals surface area contributed by atoms with Gasteiger partial charge in [-0.25, -0.2) is 13.4 Å². The largest absolute Gasteiger partial charge is 0.507 e. The molecular weight excluding hydrogens is 450 g/mol. The van der Waals surface area contributed by atoms with Gasteiger partial charge in [0.2, 0.25) is 0 Å². The highest BCUT2D eigenvalue weighted by atomic mass is 32.2. The number of thiazole rings is 1. The highest BCUT2D eigenvalue weighted by Crippen LogP contribution is 2.32. The van der Waals surface area contributed by atoms with Crippen LogP contribution in [0.25, 0.3) is 11.3 Å². The lowest BCUT2D eigenvalue weighted by molar-refractivity contribution is 0.102. The summed E-state index contributed by atoms with van der Waals surface area (Å²) in [6.45, 7) is 3.74. The third-order valence-electron chi connectivity index (χ3n) is 4.61. The maximum atomic E-state index is 12.6. The Bertz CT molecular complexity index is 1360. The molecule has 9 nitrogen and oxygen atoms in total. The van der Waals surface area contributed by atoms with Crippen LogP contribution in [0.4, 0.5) is 10.8 Å². The summed E-state index contributed by atoms with van der Waals surface area (Å²) >= 11 is 1.17. The molecule has 2 aromatic carbocycles. The predicted octanol–water partition coefficient (Wildman–Crippen LogP) is 3.91.